The molecule has 98 valence electrons. The highest BCUT2D eigenvalue weighted by atomic mass is 16.4. The van der Waals surface area contributed by atoms with Crippen molar-refractivity contribution in [1.29, 1.82) is 0 Å². The van der Waals surface area contributed by atoms with E-state index in [1.807, 2.05) is 30.3 Å². The van der Waals surface area contributed by atoms with Crippen LogP contribution in [-0.2, 0) is 16.0 Å². The van der Waals surface area contributed by atoms with Gasteiger partial charge in [-0.2, -0.15) is 0 Å². The van der Waals surface area contributed by atoms with E-state index in [0.717, 1.165) is 16.5 Å². The van der Waals surface area contributed by atoms with Crippen molar-refractivity contribution in [3.05, 3.63) is 42.1 Å². The lowest BCUT2D eigenvalue weighted by atomic mass is 10.1. The van der Waals surface area contributed by atoms with Gasteiger partial charge in [0.2, 0.25) is 5.91 Å². The fourth-order valence-corrected chi connectivity index (χ4v) is 1.91. The minimum absolute atomic E-state index is 0.405. The highest BCUT2D eigenvalue weighted by Crippen LogP contribution is 2.15. The molecule has 0 fully saturated rings. The van der Waals surface area contributed by atoms with E-state index in [1.54, 1.807) is 6.20 Å². The van der Waals surface area contributed by atoms with E-state index < -0.39 is 18.3 Å². The zero-order chi connectivity index (χ0) is 13.7. The first kappa shape index (κ1) is 13.0. The second-order valence-corrected chi connectivity index (χ2v) is 4.16. The van der Waals surface area contributed by atoms with E-state index in [4.69, 9.17) is 5.11 Å². The molecule has 1 heterocycles. The number of hydrogen-bond acceptors (Lipinski definition) is 3. The van der Waals surface area contributed by atoms with E-state index in [2.05, 4.69) is 10.3 Å². The summed E-state index contributed by atoms with van der Waals surface area (Å²) in [6.07, 6.45) is 1.86. The molecule has 2 rings (SSSR count). The number of hydrogen-bond donors (Lipinski definition) is 2. The van der Waals surface area contributed by atoms with Gasteiger partial charge in [-0.15, -0.1) is 0 Å². The summed E-state index contributed by atoms with van der Waals surface area (Å²) in [6, 6.07) is 9.74. The van der Waals surface area contributed by atoms with Crippen molar-refractivity contribution in [1.82, 2.24) is 10.3 Å². The summed E-state index contributed by atoms with van der Waals surface area (Å²) in [4.78, 5) is 25.9. The number of pyridine rings is 1. The number of nitrogens with zero attached hydrogens (tertiary/aromatic N) is 1. The maximum absolute atomic E-state index is 11.2. The van der Waals surface area contributed by atoms with Crippen molar-refractivity contribution in [2.45, 2.75) is 12.8 Å². The molecule has 0 bridgehead atoms. The summed E-state index contributed by atoms with van der Waals surface area (Å²) in [5, 5.41) is 12.1. The second kappa shape index (κ2) is 5.95. The largest absolute Gasteiger partial charge is 0.481 e. The SMILES string of the molecule is O=C(O)CC(=O)NCCc1cccc2cccnc12. The average molecular weight is 258 g/mol. The predicted molar refractivity (Wildman–Crippen MR) is 70.7 cm³/mol. The van der Waals surface area contributed by atoms with E-state index in [9.17, 15) is 9.59 Å². The van der Waals surface area contributed by atoms with Crippen LogP contribution in [-0.4, -0.2) is 28.5 Å². The van der Waals surface area contributed by atoms with Crippen LogP contribution in [0, 0.1) is 0 Å². The molecule has 0 saturated carbocycles. The summed E-state index contributed by atoms with van der Waals surface area (Å²) < 4.78 is 0. The lowest BCUT2D eigenvalue weighted by Gasteiger charge is -2.06. The summed E-state index contributed by atoms with van der Waals surface area (Å²) in [5.41, 5.74) is 1.95. The molecule has 0 unspecified atom stereocenters. The fraction of sp³-hybridized carbons (Fsp3) is 0.214. The molecule has 19 heavy (non-hydrogen) atoms. The number of fused-ring (bicyclic) bond motifs is 1. The van der Waals surface area contributed by atoms with E-state index in [-0.39, 0.29) is 0 Å². The zero-order valence-corrected chi connectivity index (χ0v) is 10.3. The molecule has 2 N–H and O–H groups in total. The second-order valence-electron chi connectivity index (χ2n) is 4.16. The van der Waals surface area contributed by atoms with Crippen LogP contribution in [0.2, 0.25) is 0 Å². The number of rotatable bonds is 5. The van der Waals surface area contributed by atoms with Gasteiger partial charge in [0.15, 0.2) is 0 Å². The Morgan fingerprint density at radius 3 is 2.79 bits per heavy atom. The molecule has 0 spiro atoms. The first-order chi connectivity index (χ1) is 9.16. The van der Waals surface area contributed by atoms with E-state index in [0.29, 0.717) is 13.0 Å². The monoisotopic (exact) mass is 258 g/mol. The number of para-hydroxylation sites is 1. The lowest BCUT2D eigenvalue weighted by Crippen LogP contribution is -2.27. The molecule has 0 aliphatic carbocycles. The Balaban J connectivity index is 1.98. The third kappa shape index (κ3) is 3.51. The minimum Gasteiger partial charge on any atom is -0.481 e. The van der Waals surface area contributed by atoms with Gasteiger partial charge in [-0.05, 0) is 18.1 Å². The van der Waals surface area contributed by atoms with Crippen molar-refractivity contribution < 1.29 is 14.7 Å². The number of amides is 1. The predicted octanol–water partition coefficient (Wildman–Crippen LogP) is 1.37. The highest BCUT2D eigenvalue weighted by Gasteiger charge is 2.07. The molecular formula is C14H14N2O3. The topological polar surface area (TPSA) is 79.3 Å². The average Bonchev–Trinajstić information content (AvgIpc) is 2.38. The third-order valence-electron chi connectivity index (χ3n) is 2.74. The van der Waals surface area contributed by atoms with Gasteiger partial charge in [0.05, 0.1) is 5.52 Å². The number of nitrogens with one attached hydrogen (secondary N) is 1. The molecule has 0 saturated heterocycles. The molecule has 5 heteroatoms. The maximum atomic E-state index is 11.2. The molecule has 1 aromatic heterocycles. The highest BCUT2D eigenvalue weighted by molar-refractivity contribution is 5.93. The third-order valence-corrected chi connectivity index (χ3v) is 2.74. The van der Waals surface area contributed by atoms with Gasteiger partial charge in [0.25, 0.3) is 0 Å². The Bertz CT molecular complexity index is 605. The molecule has 0 aliphatic heterocycles. The van der Waals surface area contributed by atoms with Crippen molar-refractivity contribution in [3.63, 3.8) is 0 Å². The number of carbonyl (C=O) groups is 2. The van der Waals surface area contributed by atoms with Gasteiger partial charge in [-0.3, -0.25) is 14.6 Å². The van der Waals surface area contributed by atoms with Crippen LogP contribution < -0.4 is 5.32 Å². The standard InChI is InChI=1S/C14H14N2O3/c17-12(9-13(18)19)15-8-6-11-4-1-3-10-5-2-7-16-14(10)11/h1-5,7H,6,8-9H2,(H,15,17)(H,18,19). The Morgan fingerprint density at radius 1 is 1.21 bits per heavy atom. The summed E-state index contributed by atoms with van der Waals surface area (Å²) in [6.45, 7) is 0.405. The van der Waals surface area contributed by atoms with Crippen LogP contribution in [0.15, 0.2) is 36.5 Å². The van der Waals surface area contributed by atoms with Crippen molar-refractivity contribution in [2.75, 3.05) is 6.54 Å². The number of carboxylic acids is 1. The maximum Gasteiger partial charge on any atom is 0.312 e. The molecule has 0 radical (unpaired) electrons. The number of carbonyl (C=O) groups excluding carboxylic acids is 1. The summed E-state index contributed by atoms with van der Waals surface area (Å²) >= 11 is 0. The molecule has 1 aromatic carbocycles. The first-order valence-electron chi connectivity index (χ1n) is 5.98. The first-order valence-corrected chi connectivity index (χ1v) is 5.98. The Hall–Kier alpha value is -2.43. The van der Waals surface area contributed by atoms with Crippen LogP contribution in [0.1, 0.15) is 12.0 Å². The smallest absolute Gasteiger partial charge is 0.312 e. The molecule has 1 amide bonds. The van der Waals surface area contributed by atoms with Crippen molar-refractivity contribution in [2.24, 2.45) is 0 Å². The molecule has 2 aromatic rings. The Morgan fingerprint density at radius 2 is 2.00 bits per heavy atom. The van der Waals surface area contributed by atoms with Crippen LogP contribution in [0.5, 0.6) is 0 Å². The quantitative estimate of drug-likeness (QED) is 0.794. The zero-order valence-electron chi connectivity index (χ0n) is 10.3. The van der Waals surface area contributed by atoms with Crippen LogP contribution >= 0.6 is 0 Å². The van der Waals surface area contributed by atoms with Gasteiger partial charge in [0, 0.05) is 18.1 Å². The van der Waals surface area contributed by atoms with Crippen molar-refractivity contribution >= 4 is 22.8 Å². The van der Waals surface area contributed by atoms with Gasteiger partial charge < -0.3 is 10.4 Å². The van der Waals surface area contributed by atoms with Crippen LogP contribution in [0.4, 0.5) is 0 Å². The van der Waals surface area contributed by atoms with Crippen LogP contribution in [0.25, 0.3) is 10.9 Å². The summed E-state index contributed by atoms with van der Waals surface area (Å²) in [5.74, 6) is -1.59. The van der Waals surface area contributed by atoms with Gasteiger partial charge in [-0.25, -0.2) is 0 Å². The van der Waals surface area contributed by atoms with E-state index in [1.165, 1.54) is 0 Å². The Kier molecular flexibility index (Phi) is 4.07. The Labute approximate surface area is 110 Å². The van der Waals surface area contributed by atoms with Gasteiger partial charge >= 0.3 is 5.97 Å². The molecule has 0 aliphatic rings. The van der Waals surface area contributed by atoms with Crippen LogP contribution in [0.3, 0.4) is 0 Å². The summed E-state index contributed by atoms with van der Waals surface area (Å²) in [7, 11) is 0. The molecule has 5 nitrogen and oxygen atoms in total. The fourth-order valence-electron chi connectivity index (χ4n) is 1.91. The van der Waals surface area contributed by atoms with Gasteiger partial charge in [-0.1, -0.05) is 24.3 Å². The van der Waals surface area contributed by atoms with Crippen molar-refractivity contribution in [3.8, 4) is 0 Å². The van der Waals surface area contributed by atoms with E-state index >= 15 is 0 Å². The molecule has 0 atom stereocenters. The number of benzene rings is 1. The number of aliphatic carboxylic acids is 1. The minimum atomic E-state index is -1.12. The normalized spacial score (nSPS) is 10.3. The lowest BCUT2D eigenvalue weighted by molar-refractivity contribution is -0.140. The number of carboxylic acid groups (broad SMARTS) is 1. The van der Waals surface area contributed by atoms with Gasteiger partial charge in [0.1, 0.15) is 6.42 Å². The molecular weight excluding hydrogens is 244 g/mol. The number of aromatic nitrogens is 1.